The van der Waals surface area contributed by atoms with Gasteiger partial charge in [0.1, 0.15) is 0 Å². The highest BCUT2D eigenvalue weighted by Crippen LogP contribution is 2.17. The van der Waals surface area contributed by atoms with Crippen LogP contribution in [0.2, 0.25) is 0 Å². The number of halogens is 1. The first-order valence-electron chi connectivity index (χ1n) is 2.71. The van der Waals surface area contributed by atoms with Gasteiger partial charge in [-0.15, -0.1) is 0 Å². The van der Waals surface area contributed by atoms with Crippen molar-refractivity contribution in [3.8, 4) is 0 Å². The summed E-state index contributed by atoms with van der Waals surface area (Å²) in [6.07, 6.45) is 3.30. The van der Waals surface area contributed by atoms with Crippen LogP contribution in [0.3, 0.4) is 0 Å². The van der Waals surface area contributed by atoms with Crippen LogP contribution < -0.4 is 5.73 Å². The third-order valence-corrected chi connectivity index (χ3v) is 1.56. The van der Waals surface area contributed by atoms with E-state index >= 15 is 0 Å². The lowest BCUT2D eigenvalue weighted by atomic mass is 10.1. The first-order valence-corrected chi connectivity index (χ1v) is 3.09. The molecule has 3 heteroatoms. The monoisotopic (exact) mass is 145 g/mol. The summed E-state index contributed by atoms with van der Waals surface area (Å²) in [5.41, 5.74) is 6.01. The minimum atomic E-state index is -0.543. The van der Waals surface area contributed by atoms with Crippen LogP contribution in [0, 0.1) is 0 Å². The van der Waals surface area contributed by atoms with E-state index in [0.717, 1.165) is 0 Å². The summed E-state index contributed by atoms with van der Waals surface area (Å²) in [4.78, 5) is 0. The maximum atomic E-state index is 9.00. The summed E-state index contributed by atoms with van der Waals surface area (Å²) in [6.45, 7) is 0. The van der Waals surface area contributed by atoms with E-state index in [1.54, 1.807) is 12.2 Å². The van der Waals surface area contributed by atoms with E-state index in [1.165, 1.54) is 0 Å². The number of nitrogens with two attached hydrogens (primary N) is 1. The van der Waals surface area contributed by atoms with Crippen LogP contribution in [0.5, 0.6) is 0 Å². The molecule has 1 rings (SSSR count). The molecule has 0 saturated carbocycles. The number of allylic oxidation sites excluding steroid dienone is 1. The van der Waals surface area contributed by atoms with Gasteiger partial charge in [0.15, 0.2) is 0 Å². The molecular formula is C6H8ClNO. The normalized spacial score (nSPS) is 27.1. The van der Waals surface area contributed by atoms with Gasteiger partial charge in [-0.3, -0.25) is 0 Å². The molecule has 2 nitrogen and oxygen atoms in total. The van der Waals surface area contributed by atoms with Gasteiger partial charge in [-0.05, 0) is 12.5 Å². The van der Waals surface area contributed by atoms with Crippen molar-refractivity contribution < 1.29 is 5.11 Å². The van der Waals surface area contributed by atoms with Gasteiger partial charge in [0.2, 0.25) is 0 Å². The largest absolute Gasteiger partial charge is 0.399 e. The Hall–Kier alpha value is -0.470. The molecule has 9 heavy (non-hydrogen) atoms. The molecule has 0 aliphatic heterocycles. The van der Waals surface area contributed by atoms with Crippen LogP contribution in [0.1, 0.15) is 6.42 Å². The maximum Gasteiger partial charge on any atom is 0.0931 e. The molecule has 0 aromatic heterocycles. The van der Waals surface area contributed by atoms with Gasteiger partial charge < -0.3 is 10.8 Å². The zero-order valence-corrected chi connectivity index (χ0v) is 5.60. The van der Waals surface area contributed by atoms with Gasteiger partial charge >= 0.3 is 0 Å². The maximum absolute atomic E-state index is 9.00. The predicted molar refractivity (Wildman–Crippen MR) is 36.8 cm³/mol. The van der Waals surface area contributed by atoms with Crippen molar-refractivity contribution in [2.75, 3.05) is 0 Å². The molecule has 0 radical (unpaired) electrons. The smallest absolute Gasteiger partial charge is 0.0931 e. The van der Waals surface area contributed by atoms with E-state index < -0.39 is 6.10 Å². The predicted octanol–water partition coefficient (Wildman–Crippen LogP) is 0.716. The molecule has 1 atom stereocenters. The molecule has 1 aliphatic carbocycles. The van der Waals surface area contributed by atoms with Crippen LogP contribution in [-0.4, -0.2) is 11.2 Å². The van der Waals surface area contributed by atoms with Crippen molar-refractivity contribution in [1.29, 1.82) is 0 Å². The van der Waals surface area contributed by atoms with Crippen LogP contribution in [-0.2, 0) is 0 Å². The van der Waals surface area contributed by atoms with E-state index in [-0.39, 0.29) is 0 Å². The third kappa shape index (κ3) is 1.47. The lowest BCUT2D eigenvalue weighted by Gasteiger charge is -2.11. The Morgan fingerprint density at radius 2 is 2.44 bits per heavy atom. The molecule has 1 unspecified atom stereocenters. The number of aliphatic hydroxyl groups excluding tert-OH is 1. The highest BCUT2D eigenvalue weighted by Gasteiger charge is 2.10. The van der Waals surface area contributed by atoms with Crippen LogP contribution in [0.15, 0.2) is 22.9 Å². The zero-order chi connectivity index (χ0) is 6.85. The van der Waals surface area contributed by atoms with E-state index in [2.05, 4.69) is 0 Å². The lowest BCUT2D eigenvalue weighted by molar-refractivity contribution is 0.220. The SMILES string of the molecule is NC1=CCC(O)C(Cl)=C1. The van der Waals surface area contributed by atoms with Gasteiger partial charge in [0.25, 0.3) is 0 Å². The van der Waals surface area contributed by atoms with E-state index in [4.69, 9.17) is 22.4 Å². The molecule has 1 aliphatic rings. The van der Waals surface area contributed by atoms with Crippen molar-refractivity contribution >= 4 is 11.6 Å². The molecule has 0 saturated heterocycles. The van der Waals surface area contributed by atoms with E-state index in [1.807, 2.05) is 0 Å². The third-order valence-electron chi connectivity index (χ3n) is 1.20. The van der Waals surface area contributed by atoms with Gasteiger partial charge in [0.05, 0.1) is 6.10 Å². The van der Waals surface area contributed by atoms with Crippen molar-refractivity contribution in [3.63, 3.8) is 0 Å². The lowest BCUT2D eigenvalue weighted by Crippen LogP contribution is -2.11. The Labute approximate surface area is 58.6 Å². The van der Waals surface area contributed by atoms with Crippen molar-refractivity contribution in [1.82, 2.24) is 0 Å². The second-order valence-corrected chi connectivity index (χ2v) is 2.42. The quantitative estimate of drug-likeness (QED) is 0.528. The van der Waals surface area contributed by atoms with E-state index in [0.29, 0.717) is 17.2 Å². The van der Waals surface area contributed by atoms with Crippen LogP contribution in [0.4, 0.5) is 0 Å². The van der Waals surface area contributed by atoms with Gasteiger partial charge in [-0.25, -0.2) is 0 Å². The second-order valence-electron chi connectivity index (χ2n) is 1.98. The minimum Gasteiger partial charge on any atom is -0.399 e. The Balaban J connectivity index is 2.74. The molecule has 0 amide bonds. The topological polar surface area (TPSA) is 46.2 Å². The first-order chi connectivity index (χ1) is 4.20. The van der Waals surface area contributed by atoms with Crippen molar-refractivity contribution in [3.05, 3.63) is 22.9 Å². The summed E-state index contributed by atoms with van der Waals surface area (Å²) in [6, 6.07) is 0. The minimum absolute atomic E-state index is 0.426. The average molecular weight is 146 g/mol. The summed E-state index contributed by atoms with van der Waals surface area (Å²) >= 11 is 5.55. The summed E-state index contributed by atoms with van der Waals surface area (Å²) in [5.74, 6) is 0. The molecular weight excluding hydrogens is 138 g/mol. The van der Waals surface area contributed by atoms with E-state index in [9.17, 15) is 0 Å². The van der Waals surface area contributed by atoms with Crippen molar-refractivity contribution in [2.24, 2.45) is 5.73 Å². The Morgan fingerprint density at radius 3 is 2.89 bits per heavy atom. The first kappa shape index (κ1) is 6.65. The molecule has 0 aromatic rings. The fraction of sp³-hybridized carbons (Fsp3) is 0.333. The van der Waals surface area contributed by atoms with Crippen molar-refractivity contribution in [2.45, 2.75) is 12.5 Å². The van der Waals surface area contributed by atoms with Crippen LogP contribution >= 0.6 is 11.6 Å². The fourth-order valence-corrected chi connectivity index (χ4v) is 0.890. The molecule has 0 fully saturated rings. The molecule has 0 bridgehead atoms. The number of rotatable bonds is 0. The van der Waals surface area contributed by atoms with Gasteiger partial charge in [-0.1, -0.05) is 17.7 Å². The average Bonchev–Trinajstić information content (AvgIpc) is 1.80. The molecule has 3 N–H and O–H groups in total. The second kappa shape index (κ2) is 2.42. The highest BCUT2D eigenvalue weighted by molar-refractivity contribution is 6.30. The highest BCUT2D eigenvalue weighted by atomic mass is 35.5. The summed E-state index contributed by atoms with van der Waals surface area (Å²) in [5, 5.41) is 9.42. The summed E-state index contributed by atoms with van der Waals surface area (Å²) in [7, 11) is 0. The van der Waals surface area contributed by atoms with Gasteiger partial charge in [0, 0.05) is 10.7 Å². The van der Waals surface area contributed by atoms with Crippen LogP contribution in [0.25, 0.3) is 0 Å². The summed E-state index contributed by atoms with van der Waals surface area (Å²) < 4.78 is 0. The standard InChI is InChI=1S/C6H8ClNO/c7-5-3-4(8)1-2-6(5)9/h1,3,6,9H,2,8H2. The molecule has 50 valence electrons. The molecule has 0 spiro atoms. The zero-order valence-electron chi connectivity index (χ0n) is 4.84. The molecule has 0 heterocycles. The number of hydrogen-bond acceptors (Lipinski definition) is 2. The number of aliphatic hydroxyl groups is 1. The number of hydrogen-bond donors (Lipinski definition) is 2. The Bertz CT molecular complexity index is 174. The Kier molecular flexibility index (Phi) is 1.78. The fourth-order valence-electron chi connectivity index (χ4n) is 0.675. The molecule has 0 aromatic carbocycles. The van der Waals surface area contributed by atoms with Gasteiger partial charge in [-0.2, -0.15) is 0 Å². The Morgan fingerprint density at radius 1 is 1.78 bits per heavy atom.